The van der Waals surface area contributed by atoms with Crippen LogP contribution in [0.5, 0.6) is 0 Å². The van der Waals surface area contributed by atoms with Crippen LogP contribution in [0.3, 0.4) is 0 Å². The monoisotopic (exact) mass is 334 g/mol. The van der Waals surface area contributed by atoms with Gasteiger partial charge in [0.2, 0.25) is 0 Å². The molecule has 0 aliphatic rings. The lowest BCUT2D eigenvalue weighted by molar-refractivity contribution is 0.0649. The summed E-state index contributed by atoms with van der Waals surface area (Å²) in [4.78, 5) is 9.77. The maximum atomic E-state index is 11.9. The standard InChI is InChI=1S/C12H25Cl2O4P/c1-5-11(7-9(3)13)17-19(15,16)18-12(6-2)8-10(4)14/h9-12H,5-8H2,1-4H3,(H,15,16). The first kappa shape index (κ1) is 19.7. The first-order chi connectivity index (χ1) is 8.70. The zero-order valence-electron chi connectivity index (χ0n) is 12.0. The van der Waals surface area contributed by atoms with E-state index in [4.69, 9.17) is 32.2 Å². The van der Waals surface area contributed by atoms with E-state index in [1.54, 1.807) is 0 Å². The van der Waals surface area contributed by atoms with Gasteiger partial charge in [0.15, 0.2) is 0 Å². The molecule has 0 spiro atoms. The van der Waals surface area contributed by atoms with Gasteiger partial charge in [-0.2, -0.15) is 0 Å². The summed E-state index contributed by atoms with van der Waals surface area (Å²) in [6, 6.07) is 0. The highest BCUT2D eigenvalue weighted by atomic mass is 35.5. The van der Waals surface area contributed by atoms with Crippen LogP contribution >= 0.6 is 31.0 Å². The van der Waals surface area contributed by atoms with Crippen molar-refractivity contribution in [2.45, 2.75) is 76.3 Å². The van der Waals surface area contributed by atoms with Crippen molar-refractivity contribution in [2.24, 2.45) is 0 Å². The number of phosphoric ester groups is 1. The molecular formula is C12H25Cl2O4P. The topological polar surface area (TPSA) is 55.8 Å². The van der Waals surface area contributed by atoms with Crippen molar-refractivity contribution in [3.63, 3.8) is 0 Å². The van der Waals surface area contributed by atoms with E-state index in [1.807, 2.05) is 27.7 Å². The molecule has 7 heteroatoms. The van der Waals surface area contributed by atoms with E-state index in [0.717, 1.165) is 0 Å². The molecule has 4 atom stereocenters. The van der Waals surface area contributed by atoms with E-state index in [-0.39, 0.29) is 23.0 Å². The smallest absolute Gasteiger partial charge is 0.302 e. The second kappa shape index (κ2) is 9.59. The summed E-state index contributed by atoms with van der Waals surface area (Å²) >= 11 is 11.7. The van der Waals surface area contributed by atoms with Gasteiger partial charge in [0.1, 0.15) is 0 Å². The first-order valence-electron chi connectivity index (χ1n) is 6.67. The van der Waals surface area contributed by atoms with Crippen molar-refractivity contribution < 1.29 is 18.5 Å². The number of phosphoric acid groups is 1. The molecule has 0 saturated heterocycles. The molecule has 4 nitrogen and oxygen atoms in total. The van der Waals surface area contributed by atoms with E-state index in [2.05, 4.69) is 0 Å². The Morgan fingerprint density at radius 2 is 1.32 bits per heavy atom. The van der Waals surface area contributed by atoms with Gasteiger partial charge in [0.25, 0.3) is 0 Å². The second-order valence-corrected chi connectivity index (χ2v) is 7.62. The molecule has 0 aromatic heterocycles. The Labute approximate surface area is 126 Å². The van der Waals surface area contributed by atoms with E-state index >= 15 is 0 Å². The Bertz CT molecular complexity index is 263. The van der Waals surface area contributed by atoms with Crippen molar-refractivity contribution in [1.29, 1.82) is 0 Å². The highest BCUT2D eigenvalue weighted by Gasteiger charge is 2.30. The third-order valence-corrected chi connectivity index (χ3v) is 4.14. The summed E-state index contributed by atoms with van der Waals surface area (Å²) in [6.45, 7) is 7.39. The largest absolute Gasteiger partial charge is 0.472 e. The lowest BCUT2D eigenvalue weighted by Gasteiger charge is -2.24. The number of hydrogen-bond acceptors (Lipinski definition) is 3. The highest BCUT2D eigenvalue weighted by Crippen LogP contribution is 2.48. The SMILES string of the molecule is CCC(CC(C)Cl)OP(=O)(O)OC(CC)CC(C)Cl. The Kier molecular flexibility index (Phi) is 9.94. The van der Waals surface area contributed by atoms with Gasteiger partial charge < -0.3 is 4.89 Å². The van der Waals surface area contributed by atoms with E-state index < -0.39 is 7.82 Å². The van der Waals surface area contributed by atoms with Crippen LogP contribution in [0.2, 0.25) is 0 Å². The fourth-order valence-electron chi connectivity index (χ4n) is 1.69. The van der Waals surface area contributed by atoms with Gasteiger partial charge in [0, 0.05) is 10.8 Å². The quantitative estimate of drug-likeness (QED) is 0.464. The number of hydrogen-bond donors (Lipinski definition) is 1. The van der Waals surface area contributed by atoms with Crippen LogP contribution in [0.15, 0.2) is 0 Å². The Balaban J connectivity index is 4.46. The Morgan fingerprint density at radius 3 is 1.53 bits per heavy atom. The molecule has 0 radical (unpaired) electrons. The Hall–Kier alpha value is 0.690. The van der Waals surface area contributed by atoms with Crippen LogP contribution < -0.4 is 0 Å². The average molecular weight is 335 g/mol. The summed E-state index contributed by atoms with van der Waals surface area (Å²) in [5.41, 5.74) is 0. The predicted molar refractivity (Wildman–Crippen MR) is 80.0 cm³/mol. The van der Waals surface area contributed by atoms with Crippen LogP contribution in [0.25, 0.3) is 0 Å². The molecular weight excluding hydrogens is 310 g/mol. The normalized spacial score (nSPS) is 21.4. The Morgan fingerprint density at radius 1 is 1.00 bits per heavy atom. The van der Waals surface area contributed by atoms with Crippen LogP contribution in [0.1, 0.15) is 53.4 Å². The van der Waals surface area contributed by atoms with Crippen LogP contribution in [-0.4, -0.2) is 27.9 Å². The van der Waals surface area contributed by atoms with Crippen LogP contribution in [0, 0.1) is 0 Å². The third-order valence-electron chi connectivity index (χ3n) is 2.65. The van der Waals surface area contributed by atoms with Gasteiger partial charge in [-0.3, -0.25) is 9.05 Å². The van der Waals surface area contributed by atoms with Crippen molar-refractivity contribution >= 4 is 31.0 Å². The molecule has 0 bridgehead atoms. The highest BCUT2D eigenvalue weighted by molar-refractivity contribution is 7.47. The minimum Gasteiger partial charge on any atom is -0.302 e. The van der Waals surface area contributed by atoms with Gasteiger partial charge in [-0.25, -0.2) is 4.57 Å². The van der Waals surface area contributed by atoms with Crippen molar-refractivity contribution in [2.75, 3.05) is 0 Å². The molecule has 0 aromatic rings. The predicted octanol–water partition coefficient (Wildman–Crippen LogP) is 4.71. The summed E-state index contributed by atoms with van der Waals surface area (Å²) in [7, 11) is -4.07. The summed E-state index contributed by atoms with van der Waals surface area (Å²) in [5.74, 6) is 0. The van der Waals surface area contributed by atoms with Crippen LogP contribution in [-0.2, 0) is 13.6 Å². The van der Waals surface area contributed by atoms with Gasteiger partial charge in [-0.1, -0.05) is 13.8 Å². The fourth-order valence-corrected chi connectivity index (χ4v) is 3.37. The molecule has 0 aliphatic heterocycles. The molecule has 1 N–H and O–H groups in total. The van der Waals surface area contributed by atoms with Gasteiger partial charge in [-0.05, 0) is 39.5 Å². The summed E-state index contributed by atoms with van der Waals surface area (Å²) < 4.78 is 22.3. The van der Waals surface area contributed by atoms with Gasteiger partial charge in [0.05, 0.1) is 12.2 Å². The molecule has 0 rings (SSSR count). The molecule has 0 aromatic carbocycles. The molecule has 0 amide bonds. The van der Waals surface area contributed by atoms with Crippen molar-refractivity contribution in [3.05, 3.63) is 0 Å². The van der Waals surface area contributed by atoms with E-state index in [1.165, 1.54) is 0 Å². The van der Waals surface area contributed by atoms with Crippen molar-refractivity contribution in [3.8, 4) is 0 Å². The minimum absolute atomic E-state index is 0.116. The number of alkyl halides is 2. The van der Waals surface area contributed by atoms with Gasteiger partial charge >= 0.3 is 7.82 Å². The molecule has 0 saturated carbocycles. The lowest BCUT2D eigenvalue weighted by Crippen LogP contribution is -2.19. The number of halogens is 2. The molecule has 0 aliphatic carbocycles. The lowest BCUT2D eigenvalue weighted by atomic mass is 10.2. The summed E-state index contributed by atoms with van der Waals surface area (Å²) in [5, 5.41) is -0.232. The zero-order valence-corrected chi connectivity index (χ0v) is 14.4. The molecule has 0 fully saturated rings. The fraction of sp³-hybridized carbons (Fsp3) is 1.00. The van der Waals surface area contributed by atoms with Gasteiger partial charge in [-0.15, -0.1) is 23.2 Å². The van der Waals surface area contributed by atoms with Crippen molar-refractivity contribution in [1.82, 2.24) is 0 Å². The van der Waals surface area contributed by atoms with E-state index in [0.29, 0.717) is 25.7 Å². The maximum absolute atomic E-state index is 11.9. The van der Waals surface area contributed by atoms with Crippen LogP contribution in [0.4, 0.5) is 0 Å². The molecule has 0 heterocycles. The third kappa shape index (κ3) is 10.1. The minimum atomic E-state index is -4.07. The molecule has 4 unspecified atom stereocenters. The average Bonchev–Trinajstić information content (AvgIpc) is 2.25. The molecule has 116 valence electrons. The second-order valence-electron chi connectivity index (χ2n) is 4.77. The van der Waals surface area contributed by atoms with E-state index in [9.17, 15) is 9.46 Å². The number of rotatable bonds is 10. The molecule has 19 heavy (non-hydrogen) atoms. The zero-order chi connectivity index (χ0) is 15.1. The summed E-state index contributed by atoms with van der Waals surface area (Å²) in [6.07, 6.45) is 1.47. The maximum Gasteiger partial charge on any atom is 0.472 e. The first-order valence-corrected chi connectivity index (χ1v) is 9.04.